The van der Waals surface area contributed by atoms with Gasteiger partial charge in [0, 0.05) is 6.54 Å². The molecule has 6 nitrogen and oxygen atoms in total. The topological polar surface area (TPSA) is 78.5 Å². The van der Waals surface area contributed by atoms with E-state index in [9.17, 15) is 14.4 Å². The summed E-state index contributed by atoms with van der Waals surface area (Å²) < 4.78 is 0. The van der Waals surface area contributed by atoms with Gasteiger partial charge >= 0.3 is 6.03 Å². The van der Waals surface area contributed by atoms with Crippen LogP contribution in [0.15, 0.2) is 0 Å². The molecule has 0 aromatic carbocycles. The third-order valence-electron chi connectivity index (χ3n) is 5.78. The molecule has 2 N–H and O–H groups in total. The van der Waals surface area contributed by atoms with Crippen molar-refractivity contribution in [1.29, 1.82) is 0 Å². The Hall–Kier alpha value is -1.59. The van der Waals surface area contributed by atoms with Gasteiger partial charge in [0.2, 0.25) is 5.91 Å². The average Bonchev–Trinajstić information content (AvgIpc) is 2.72. The first-order valence-electron chi connectivity index (χ1n) is 8.66. The van der Waals surface area contributed by atoms with Crippen molar-refractivity contribution in [3.8, 4) is 0 Å². The van der Waals surface area contributed by atoms with Crippen molar-refractivity contribution >= 4 is 17.8 Å². The van der Waals surface area contributed by atoms with Crippen LogP contribution in [0.5, 0.6) is 0 Å². The van der Waals surface area contributed by atoms with Crippen LogP contribution in [-0.2, 0) is 9.59 Å². The van der Waals surface area contributed by atoms with Crippen molar-refractivity contribution in [2.45, 2.75) is 65.3 Å². The Morgan fingerprint density at radius 1 is 1.30 bits per heavy atom. The number of carbonyl (C=O) groups is 3. The van der Waals surface area contributed by atoms with Gasteiger partial charge in [0.25, 0.3) is 5.91 Å². The summed E-state index contributed by atoms with van der Waals surface area (Å²) in [6.07, 6.45) is 4.30. The van der Waals surface area contributed by atoms with Gasteiger partial charge in [-0.2, -0.15) is 0 Å². The molecule has 1 aliphatic carbocycles. The largest absolute Gasteiger partial charge is 0.355 e. The van der Waals surface area contributed by atoms with E-state index in [1.807, 2.05) is 6.92 Å². The third kappa shape index (κ3) is 3.35. The Morgan fingerprint density at radius 2 is 1.91 bits per heavy atom. The second-order valence-electron chi connectivity index (χ2n) is 7.47. The van der Waals surface area contributed by atoms with Crippen LogP contribution in [0.25, 0.3) is 0 Å². The van der Waals surface area contributed by atoms with E-state index in [4.69, 9.17) is 0 Å². The first-order valence-corrected chi connectivity index (χ1v) is 8.66. The predicted molar refractivity (Wildman–Crippen MR) is 87.7 cm³/mol. The number of likely N-dealkylation sites (N-methyl/N-ethyl adjacent to an activating group) is 1. The second kappa shape index (κ2) is 6.49. The Balaban J connectivity index is 2.04. The Kier molecular flexibility index (Phi) is 5.01. The summed E-state index contributed by atoms with van der Waals surface area (Å²) in [7, 11) is 0. The van der Waals surface area contributed by atoms with Gasteiger partial charge in [-0.05, 0) is 43.9 Å². The minimum Gasteiger partial charge on any atom is -0.355 e. The fourth-order valence-corrected chi connectivity index (χ4v) is 3.74. The van der Waals surface area contributed by atoms with E-state index in [0.29, 0.717) is 25.3 Å². The molecular formula is C17H29N3O3. The highest BCUT2D eigenvalue weighted by atomic mass is 16.2. The van der Waals surface area contributed by atoms with E-state index in [-0.39, 0.29) is 23.8 Å². The molecule has 2 rings (SSSR count). The van der Waals surface area contributed by atoms with Crippen molar-refractivity contribution in [3.63, 3.8) is 0 Å². The van der Waals surface area contributed by atoms with Gasteiger partial charge < -0.3 is 10.6 Å². The molecule has 130 valence electrons. The van der Waals surface area contributed by atoms with Gasteiger partial charge in [-0.25, -0.2) is 4.79 Å². The van der Waals surface area contributed by atoms with E-state index in [0.717, 1.165) is 24.2 Å². The van der Waals surface area contributed by atoms with E-state index < -0.39 is 11.6 Å². The fraction of sp³-hybridized carbons (Fsp3) is 0.824. The number of amides is 4. The zero-order chi connectivity index (χ0) is 17.3. The van der Waals surface area contributed by atoms with Crippen molar-refractivity contribution in [2.24, 2.45) is 11.3 Å². The van der Waals surface area contributed by atoms with Crippen LogP contribution in [0.4, 0.5) is 4.79 Å². The highest BCUT2D eigenvalue weighted by Crippen LogP contribution is 2.45. The van der Waals surface area contributed by atoms with Crippen LogP contribution < -0.4 is 10.6 Å². The molecular weight excluding hydrogens is 294 g/mol. The predicted octanol–water partition coefficient (Wildman–Crippen LogP) is 2.04. The lowest BCUT2D eigenvalue weighted by Gasteiger charge is -2.42. The quantitative estimate of drug-likeness (QED) is 0.760. The van der Waals surface area contributed by atoms with Crippen molar-refractivity contribution in [3.05, 3.63) is 0 Å². The maximum Gasteiger partial charge on any atom is 0.325 e. The van der Waals surface area contributed by atoms with Gasteiger partial charge in [0.05, 0.1) is 0 Å². The lowest BCUT2D eigenvalue weighted by molar-refractivity contribution is -0.136. The number of urea groups is 1. The summed E-state index contributed by atoms with van der Waals surface area (Å²) in [6, 6.07) is -0.436. The summed E-state index contributed by atoms with van der Waals surface area (Å²) in [5.41, 5.74) is -0.530. The summed E-state index contributed by atoms with van der Waals surface area (Å²) in [5, 5.41) is 5.49. The zero-order valence-corrected chi connectivity index (χ0v) is 14.7. The molecule has 1 spiro atoms. The van der Waals surface area contributed by atoms with Gasteiger partial charge in [0.15, 0.2) is 0 Å². The summed E-state index contributed by atoms with van der Waals surface area (Å²) in [5.74, 6) is 0.0376. The Morgan fingerprint density at radius 3 is 2.43 bits per heavy atom. The minimum atomic E-state index is -0.788. The molecule has 1 heterocycles. The SMILES string of the molecule is CCNC(=O)CN1C(=O)NC2(CCC(C(C)(C)CC)CC2)C1=O. The van der Waals surface area contributed by atoms with Crippen molar-refractivity contribution in [1.82, 2.24) is 15.5 Å². The second-order valence-corrected chi connectivity index (χ2v) is 7.47. The molecule has 2 aliphatic rings. The first kappa shape index (κ1) is 17.8. The molecule has 23 heavy (non-hydrogen) atoms. The van der Waals surface area contributed by atoms with Crippen LogP contribution in [0, 0.1) is 11.3 Å². The van der Waals surface area contributed by atoms with Crippen molar-refractivity contribution in [2.75, 3.05) is 13.1 Å². The first-order chi connectivity index (χ1) is 10.8. The molecule has 1 saturated heterocycles. The molecule has 4 amide bonds. The molecule has 2 fully saturated rings. The fourth-order valence-electron chi connectivity index (χ4n) is 3.74. The van der Waals surface area contributed by atoms with Gasteiger partial charge in [-0.3, -0.25) is 14.5 Å². The number of rotatable bonds is 5. The van der Waals surface area contributed by atoms with Crippen LogP contribution in [-0.4, -0.2) is 41.4 Å². The van der Waals surface area contributed by atoms with Crippen LogP contribution in [0.1, 0.15) is 59.8 Å². The number of hydrogen-bond acceptors (Lipinski definition) is 3. The van der Waals surface area contributed by atoms with Gasteiger partial charge in [0.1, 0.15) is 12.1 Å². The molecule has 0 aromatic rings. The van der Waals surface area contributed by atoms with E-state index in [1.54, 1.807) is 0 Å². The van der Waals surface area contributed by atoms with Crippen molar-refractivity contribution < 1.29 is 14.4 Å². The zero-order valence-electron chi connectivity index (χ0n) is 14.7. The molecule has 6 heteroatoms. The molecule has 0 aromatic heterocycles. The summed E-state index contributed by atoms with van der Waals surface area (Å²) >= 11 is 0. The minimum absolute atomic E-state index is 0.190. The van der Waals surface area contributed by atoms with Gasteiger partial charge in [-0.1, -0.05) is 27.2 Å². The number of hydrogen-bond donors (Lipinski definition) is 2. The molecule has 1 saturated carbocycles. The summed E-state index contributed by atoms with van der Waals surface area (Å²) in [6.45, 7) is 8.84. The average molecular weight is 323 g/mol. The standard InChI is InChI=1S/C17H29N3O3/c1-5-16(3,4)12-7-9-17(10-8-12)14(22)20(15(23)19-17)11-13(21)18-6-2/h12H,5-11H2,1-4H3,(H,18,21)(H,19,23). The molecule has 0 radical (unpaired) electrons. The molecule has 0 bridgehead atoms. The smallest absolute Gasteiger partial charge is 0.325 e. The highest BCUT2D eigenvalue weighted by molar-refractivity contribution is 6.09. The highest BCUT2D eigenvalue weighted by Gasteiger charge is 2.53. The number of nitrogens with zero attached hydrogens (tertiary/aromatic N) is 1. The third-order valence-corrected chi connectivity index (χ3v) is 5.78. The van der Waals surface area contributed by atoms with E-state index >= 15 is 0 Å². The Bertz CT molecular complexity index is 493. The summed E-state index contributed by atoms with van der Waals surface area (Å²) in [4.78, 5) is 37.6. The van der Waals surface area contributed by atoms with E-state index in [2.05, 4.69) is 31.4 Å². The molecule has 0 atom stereocenters. The Labute approximate surface area is 138 Å². The van der Waals surface area contributed by atoms with Crippen LogP contribution >= 0.6 is 0 Å². The molecule has 0 unspecified atom stereocenters. The molecule has 1 aliphatic heterocycles. The van der Waals surface area contributed by atoms with Gasteiger partial charge in [-0.15, -0.1) is 0 Å². The lowest BCUT2D eigenvalue weighted by atomic mass is 9.65. The maximum atomic E-state index is 12.7. The normalized spacial score (nSPS) is 28.2. The maximum absolute atomic E-state index is 12.7. The lowest BCUT2D eigenvalue weighted by Crippen LogP contribution is -2.51. The number of carbonyl (C=O) groups excluding carboxylic acids is 3. The van der Waals surface area contributed by atoms with Crippen LogP contribution in [0.3, 0.4) is 0 Å². The monoisotopic (exact) mass is 323 g/mol. The van der Waals surface area contributed by atoms with Crippen LogP contribution in [0.2, 0.25) is 0 Å². The number of imide groups is 1. The number of nitrogens with one attached hydrogen (secondary N) is 2. The van der Waals surface area contributed by atoms with E-state index in [1.165, 1.54) is 0 Å².